The van der Waals surface area contributed by atoms with Crippen molar-refractivity contribution in [1.82, 2.24) is 14.8 Å². The van der Waals surface area contributed by atoms with Crippen molar-refractivity contribution < 1.29 is 14.3 Å². The maximum atomic E-state index is 13.5. The lowest BCUT2D eigenvalue weighted by Crippen LogP contribution is -2.33. The van der Waals surface area contributed by atoms with Crippen molar-refractivity contribution in [2.45, 2.75) is 24.8 Å². The second-order valence-corrected chi connectivity index (χ2v) is 8.60. The Bertz CT molecular complexity index is 1250. The van der Waals surface area contributed by atoms with Crippen LogP contribution in [0.25, 0.3) is 0 Å². The van der Waals surface area contributed by atoms with E-state index in [-0.39, 0.29) is 11.7 Å². The molecule has 1 aliphatic heterocycles. The fourth-order valence-corrected chi connectivity index (χ4v) is 5.02. The van der Waals surface area contributed by atoms with Crippen LogP contribution in [0, 0.1) is 0 Å². The highest BCUT2D eigenvalue weighted by Gasteiger charge is 2.40. The smallest absolute Gasteiger partial charge is 0.226 e. The van der Waals surface area contributed by atoms with Crippen LogP contribution in [0.3, 0.4) is 0 Å². The largest absolute Gasteiger partial charge is 0.493 e. The molecule has 0 amide bonds. The first kappa shape index (κ1) is 20.8. The zero-order valence-electron chi connectivity index (χ0n) is 17.4. The van der Waals surface area contributed by atoms with Gasteiger partial charge in [0.2, 0.25) is 5.95 Å². The summed E-state index contributed by atoms with van der Waals surface area (Å²) >= 11 is 12.6. The van der Waals surface area contributed by atoms with Crippen molar-refractivity contribution in [3.8, 4) is 11.5 Å². The monoisotopic (exact) mass is 470 g/mol. The second kappa shape index (κ2) is 8.15. The third kappa shape index (κ3) is 3.42. The first-order chi connectivity index (χ1) is 15.5. The van der Waals surface area contributed by atoms with Crippen LogP contribution in [0.15, 0.2) is 54.0 Å². The molecule has 2 aliphatic rings. The van der Waals surface area contributed by atoms with Gasteiger partial charge in [-0.1, -0.05) is 35.3 Å². The number of carbonyl (C=O) groups excluding carboxylic acids is 1. The molecular formula is C23H20Cl2N4O3. The van der Waals surface area contributed by atoms with Gasteiger partial charge in [-0.15, -0.1) is 0 Å². The normalized spacial score (nSPS) is 19.8. The molecule has 1 aliphatic carbocycles. The van der Waals surface area contributed by atoms with E-state index in [2.05, 4.69) is 15.4 Å². The van der Waals surface area contributed by atoms with Gasteiger partial charge in [-0.25, -0.2) is 4.68 Å². The predicted molar refractivity (Wildman–Crippen MR) is 122 cm³/mol. The zero-order valence-corrected chi connectivity index (χ0v) is 18.9. The number of nitrogens with zero attached hydrogens (tertiary/aromatic N) is 3. The summed E-state index contributed by atoms with van der Waals surface area (Å²) in [7, 11) is 3.20. The van der Waals surface area contributed by atoms with Gasteiger partial charge in [-0.05, 0) is 42.2 Å². The molecule has 1 N–H and O–H groups in total. The molecule has 0 spiro atoms. The minimum atomic E-state index is -0.465. The van der Waals surface area contributed by atoms with Crippen molar-refractivity contribution >= 4 is 34.9 Å². The SMILES string of the molecule is COc1ccc([C@H]2CC(=O)C3=C(C2)Nc2ncnn2[C@H]3c2ccc(Cl)cc2Cl)cc1OC. The van der Waals surface area contributed by atoms with Crippen LogP contribution in [0.1, 0.15) is 35.9 Å². The molecular weight excluding hydrogens is 451 g/mol. The van der Waals surface area contributed by atoms with Crippen molar-refractivity contribution in [3.63, 3.8) is 0 Å². The number of allylic oxidation sites excluding steroid dienone is 2. The number of rotatable bonds is 4. The Morgan fingerprint density at radius 1 is 1.06 bits per heavy atom. The average molecular weight is 471 g/mol. The fraction of sp³-hybridized carbons (Fsp3) is 0.261. The highest BCUT2D eigenvalue weighted by molar-refractivity contribution is 6.35. The quantitative estimate of drug-likeness (QED) is 0.576. The molecule has 0 bridgehead atoms. The van der Waals surface area contributed by atoms with E-state index in [0.717, 1.165) is 16.8 Å². The molecule has 1 aromatic heterocycles. The minimum absolute atomic E-state index is 0.00985. The Kier molecular flexibility index (Phi) is 5.31. The van der Waals surface area contributed by atoms with Gasteiger partial charge in [-0.3, -0.25) is 4.79 Å². The summed E-state index contributed by atoms with van der Waals surface area (Å²) in [6, 6.07) is 10.6. The maximum Gasteiger partial charge on any atom is 0.226 e. The number of hydrogen-bond donors (Lipinski definition) is 1. The van der Waals surface area contributed by atoms with Crippen LogP contribution in [-0.4, -0.2) is 34.8 Å². The van der Waals surface area contributed by atoms with Crippen LogP contribution >= 0.6 is 23.2 Å². The lowest BCUT2D eigenvalue weighted by atomic mass is 9.78. The molecule has 7 nitrogen and oxygen atoms in total. The van der Waals surface area contributed by atoms with Gasteiger partial charge in [0, 0.05) is 33.3 Å². The molecule has 0 radical (unpaired) electrons. The minimum Gasteiger partial charge on any atom is -0.493 e. The van der Waals surface area contributed by atoms with Crippen LogP contribution in [-0.2, 0) is 4.79 Å². The van der Waals surface area contributed by atoms with E-state index in [1.54, 1.807) is 31.0 Å². The van der Waals surface area contributed by atoms with Crippen LogP contribution < -0.4 is 14.8 Å². The predicted octanol–water partition coefficient (Wildman–Crippen LogP) is 5.02. The Hall–Kier alpha value is -3.03. The van der Waals surface area contributed by atoms with Crippen LogP contribution in [0.4, 0.5) is 5.95 Å². The van der Waals surface area contributed by atoms with E-state index in [4.69, 9.17) is 32.7 Å². The molecule has 0 saturated heterocycles. The molecule has 2 aromatic carbocycles. The number of aromatic nitrogens is 3. The standard InChI is InChI=1S/C23H20Cl2N4O3/c1-31-19-6-3-12(9-20(19)32-2)13-7-17-21(18(30)8-13)22(29-23(28-17)26-11-27-29)15-5-4-14(24)10-16(15)25/h3-6,9-11,13,22H,7-8H2,1-2H3,(H,26,27,28)/t13-,22+/m1/s1. The Balaban J connectivity index is 1.57. The molecule has 32 heavy (non-hydrogen) atoms. The highest BCUT2D eigenvalue weighted by atomic mass is 35.5. The summed E-state index contributed by atoms with van der Waals surface area (Å²) in [6.07, 6.45) is 2.47. The van der Waals surface area contributed by atoms with E-state index in [1.165, 1.54) is 6.33 Å². The van der Waals surface area contributed by atoms with Gasteiger partial charge < -0.3 is 14.8 Å². The first-order valence-electron chi connectivity index (χ1n) is 10.1. The number of fused-ring (bicyclic) bond motifs is 1. The zero-order chi connectivity index (χ0) is 22.4. The molecule has 0 saturated carbocycles. The number of benzene rings is 2. The summed E-state index contributed by atoms with van der Waals surface area (Å²) in [5.74, 6) is 1.89. The Morgan fingerprint density at radius 3 is 2.62 bits per heavy atom. The molecule has 9 heteroatoms. The second-order valence-electron chi connectivity index (χ2n) is 7.76. The van der Waals surface area contributed by atoms with E-state index in [9.17, 15) is 4.79 Å². The third-order valence-corrected chi connectivity index (χ3v) is 6.56. The average Bonchev–Trinajstić information content (AvgIpc) is 3.25. The summed E-state index contributed by atoms with van der Waals surface area (Å²) < 4.78 is 12.5. The molecule has 5 rings (SSSR count). The number of Topliss-reactive ketones (excluding diaryl/α,β-unsaturated/α-hetero) is 1. The number of nitrogens with one attached hydrogen (secondary N) is 1. The Labute approximate surface area is 195 Å². The summed E-state index contributed by atoms with van der Waals surface area (Å²) in [6.45, 7) is 0. The first-order valence-corrected chi connectivity index (χ1v) is 10.9. The van der Waals surface area contributed by atoms with E-state index in [0.29, 0.717) is 45.9 Å². The molecule has 0 fully saturated rings. The number of halogens is 2. The van der Waals surface area contributed by atoms with Gasteiger partial charge in [0.05, 0.1) is 14.2 Å². The maximum absolute atomic E-state index is 13.5. The third-order valence-electron chi connectivity index (χ3n) is 6.00. The van der Waals surface area contributed by atoms with E-state index < -0.39 is 6.04 Å². The number of ketones is 1. The van der Waals surface area contributed by atoms with Gasteiger partial charge in [0.15, 0.2) is 17.3 Å². The van der Waals surface area contributed by atoms with Gasteiger partial charge in [0.1, 0.15) is 12.4 Å². The van der Waals surface area contributed by atoms with Gasteiger partial charge in [0.25, 0.3) is 0 Å². The number of methoxy groups -OCH3 is 2. The van der Waals surface area contributed by atoms with E-state index in [1.807, 2.05) is 24.3 Å². The van der Waals surface area contributed by atoms with Crippen molar-refractivity contribution in [3.05, 3.63) is 75.2 Å². The number of anilines is 1. The molecule has 0 unspecified atom stereocenters. The molecule has 164 valence electrons. The topological polar surface area (TPSA) is 78.3 Å². The highest BCUT2D eigenvalue weighted by Crippen LogP contribution is 2.46. The summed E-state index contributed by atoms with van der Waals surface area (Å²) in [5, 5.41) is 8.68. The van der Waals surface area contributed by atoms with Gasteiger partial charge >= 0.3 is 0 Å². The van der Waals surface area contributed by atoms with Crippen LogP contribution in [0.5, 0.6) is 11.5 Å². The Morgan fingerprint density at radius 2 is 1.88 bits per heavy atom. The van der Waals surface area contributed by atoms with Crippen molar-refractivity contribution in [2.75, 3.05) is 19.5 Å². The van der Waals surface area contributed by atoms with Crippen molar-refractivity contribution in [1.29, 1.82) is 0 Å². The number of hydrogen-bond acceptors (Lipinski definition) is 6. The summed E-state index contributed by atoms with van der Waals surface area (Å²) in [5.41, 5.74) is 3.26. The van der Waals surface area contributed by atoms with Crippen LogP contribution in [0.2, 0.25) is 10.0 Å². The lowest BCUT2D eigenvalue weighted by molar-refractivity contribution is -0.116. The van der Waals surface area contributed by atoms with E-state index >= 15 is 0 Å². The number of carbonyl (C=O) groups is 1. The van der Waals surface area contributed by atoms with Crippen molar-refractivity contribution in [2.24, 2.45) is 0 Å². The molecule has 3 aromatic rings. The number of ether oxygens (including phenoxy) is 2. The fourth-order valence-electron chi connectivity index (χ4n) is 4.51. The lowest BCUT2D eigenvalue weighted by Gasteiger charge is -2.35. The molecule has 2 heterocycles. The summed E-state index contributed by atoms with van der Waals surface area (Å²) in [4.78, 5) is 17.8. The van der Waals surface area contributed by atoms with Gasteiger partial charge in [-0.2, -0.15) is 10.1 Å². The molecule has 2 atom stereocenters.